The monoisotopic (exact) mass is 320 g/mol. The van der Waals surface area contributed by atoms with Gasteiger partial charge in [-0.15, -0.1) is 0 Å². The maximum atomic E-state index is 6.22. The average Bonchev–Trinajstić information content (AvgIpc) is 2.97. The zero-order valence-electron chi connectivity index (χ0n) is 14.2. The molecule has 2 fully saturated rings. The van der Waals surface area contributed by atoms with Crippen molar-refractivity contribution in [3.63, 3.8) is 0 Å². The first-order valence-electron chi connectivity index (χ1n) is 8.49. The number of piperidine rings is 1. The molecule has 1 atom stereocenters. The first-order chi connectivity index (χ1) is 11.2. The third kappa shape index (κ3) is 4.16. The van der Waals surface area contributed by atoms with Gasteiger partial charge >= 0.3 is 0 Å². The summed E-state index contributed by atoms with van der Waals surface area (Å²) >= 11 is 0. The number of anilines is 1. The molecule has 5 nitrogen and oxygen atoms in total. The van der Waals surface area contributed by atoms with E-state index in [9.17, 15) is 0 Å². The summed E-state index contributed by atoms with van der Waals surface area (Å²) in [4.78, 5) is 2.47. The zero-order valence-corrected chi connectivity index (χ0v) is 14.2. The third-order valence-electron chi connectivity index (χ3n) is 5.03. The summed E-state index contributed by atoms with van der Waals surface area (Å²) in [6.07, 6.45) is 3.32. The Balaban J connectivity index is 1.50. The number of likely N-dealkylation sites (tertiary alicyclic amines) is 1. The minimum Gasteiger partial charge on any atom is -0.497 e. The Kier molecular flexibility index (Phi) is 5.41. The smallest absolute Gasteiger partial charge is 0.120 e. The van der Waals surface area contributed by atoms with Crippen LogP contribution in [0.1, 0.15) is 19.3 Å². The summed E-state index contributed by atoms with van der Waals surface area (Å²) in [5, 5.41) is 3.59. The van der Waals surface area contributed by atoms with Gasteiger partial charge in [-0.3, -0.25) is 0 Å². The van der Waals surface area contributed by atoms with Crippen molar-refractivity contribution < 1.29 is 14.2 Å². The van der Waals surface area contributed by atoms with Crippen molar-refractivity contribution in [3.8, 4) is 5.75 Å². The van der Waals surface area contributed by atoms with Gasteiger partial charge in [0.2, 0.25) is 0 Å². The fourth-order valence-electron chi connectivity index (χ4n) is 3.64. The van der Waals surface area contributed by atoms with Crippen LogP contribution in [-0.2, 0) is 9.47 Å². The molecule has 23 heavy (non-hydrogen) atoms. The van der Waals surface area contributed by atoms with Crippen LogP contribution in [-0.4, -0.2) is 63.6 Å². The minimum absolute atomic E-state index is 0.0695. The second kappa shape index (κ2) is 7.51. The molecule has 0 unspecified atom stereocenters. The van der Waals surface area contributed by atoms with Crippen LogP contribution in [0, 0.1) is 0 Å². The molecule has 2 heterocycles. The quantitative estimate of drug-likeness (QED) is 0.872. The Morgan fingerprint density at radius 1 is 1.30 bits per heavy atom. The van der Waals surface area contributed by atoms with E-state index in [1.807, 2.05) is 18.2 Å². The van der Waals surface area contributed by atoms with Gasteiger partial charge < -0.3 is 24.4 Å². The largest absolute Gasteiger partial charge is 0.497 e. The van der Waals surface area contributed by atoms with Crippen molar-refractivity contribution in [3.05, 3.63) is 24.3 Å². The second-order valence-electron chi connectivity index (χ2n) is 6.61. The highest BCUT2D eigenvalue weighted by Gasteiger charge is 2.42. The molecule has 1 spiro atoms. The van der Waals surface area contributed by atoms with E-state index in [-0.39, 0.29) is 5.60 Å². The van der Waals surface area contributed by atoms with Gasteiger partial charge in [0.05, 0.1) is 32.0 Å². The molecule has 0 radical (unpaired) electrons. The molecule has 0 amide bonds. The maximum absolute atomic E-state index is 6.22. The molecule has 2 saturated heterocycles. The van der Waals surface area contributed by atoms with E-state index in [0.717, 1.165) is 63.5 Å². The lowest BCUT2D eigenvalue weighted by atomic mass is 9.87. The summed E-state index contributed by atoms with van der Waals surface area (Å²) in [6, 6.07) is 8.49. The van der Waals surface area contributed by atoms with E-state index in [4.69, 9.17) is 14.2 Å². The maximum Gasteiger partial charge on any atom is 0.120 e. The van der Waals surface area contributed by atoms with Crippen LogP contribution in [0.2, 0.25) is 0 Å². The van der Waals surface area contributed by atoms with Crippen molar-refractivity contribution in [2.75, 3.05) is 52.4 Å². The summed E-state index contributed by atoms with van der Waals surface area (Å²) in [5.41, 5.74) is 1.17. The Bertz CT molecular complexity index is 501. The predicted molar refractivity (Wildman–Crippen MR) is 91.3 cm³/mol. The fourth-order valence-corrected chi connectivity index (χ4v) is 3.64. The first kappa shape index (κ1) is 16.6. The van der Waals surface area contributed by atoms with Gasteiger partial charge in [-0.1, -0.05) is 6.07 Å². The number of nitrogens with one attached hydrogen (secondary N) is 1. The molecule has 1 aromatic rings. The number of rotatable bonds is 6. The second-order valence-corrected chi connectivity index (χ2v) is 6.61. The lowest BCUT2D eigenvalue weighted by Gasteiger charge is -2.38. The van der Waals surface area contributed by atoms with Crippen LogP contribution in [0.25, 0.3) is 0 Å². The molecule has 3 rings (SSSR count). The molecule has 0 bridgehead atoms. The molecule has 128 valence electrons. The van der Waals surface area contributed by atoms with Crippen molar-refractivity contribution >= 4 is 5.69 Å². The van der Waals surface area contributed by atoms with Gasteiger partial charge in [0.1, 0.15) is 5.75 Å². The lowest BCUT2D eigenvalue weighted by molar-refractivity contribution is -0.0459. The van der Waals surface area contributed by atoms with Crippen molar-refractivity contribution in [1.29, 1.82) is 0 Å². The molecular formula is C18H28N2O3. The topological polar surface area (TPSA) is 43.0 Å². The number of hydrogen-bond donors (Lipinski definition) is 1. The molecule has 0 saturated carbocycles. The highest BCUT2D eigenvalue weighted by Crippen LogP contribution is 2.37. The Morgan fingerprint density at radius 2 is 2.13 bits per heavy atom. The van der Waals surface area contributed by atoms with Crippen LogP contribution in [0.4, 0.5) is 5.69 Å². The summed E-state index contributed by atoms with van der Waals surface area (Å²) < 4.78 is 16.7. The van der Waals surface area contributed by atoms with Gasteiger partial charge in [-0.25, -0.2) is 0 Å². The van der Waals surface area contributed by atoms with Crippen molar-refractivity contribution in [2.24, 2.45) is 0 Å². The van der Waals surface area contributed by atoms with Crippen LogP contribution in [0.3, 0.4) is 0 Å². The van der Waals surface area contributed by atoms with Gasteiger partial charge in [0, 0.05) is 38.5 Å². The molecule has 5 heteroatoms. The molecule has 2 aliphatic heterocycles. The minimum atomic E-state index is 0.0695. The van der Waals surface area contributed by atoms with Crippen LogP contribution < -0.4 is 10.1 Å². The predicted octanol–water partition coefficient (Wildman–Crippen LogP) is 2.38. The van der Waals surface area contributed by atoms with Gasteiger partial charge in [0.15, 0.2) is 0 Å². The van der Waals surface area contributed by atoms with E-state index < -0.39 is 0 Å². The Hall–Kier alpha value is -1.30. The molecule has 2 aliphatic rings. The standard InChI is InChI=1S/C18H28N2O3/c1-21-11-10-20-8-6-18(7-9-20)13-16(14-23-18)19-15-4-3-5-17(12-15)22-2/h3-5,12,16,19H,6-11,13-14H2,1-2H3/t16-/m0/s1. The third-order valence-corrected chi connectivity index (χ3v) is 5.03. The zero-order chi connectivity index (χ0) is 16.1. The van der Waals surface area contributed by atoms with Crippen LogP contribution in [0.5, 0.6) is 5.75 Å². The van der Waals surface area contributed by atoms with Crippen LogP contribution in [0.15, 0.2) is 24.3 Å². The van der Waals surface area contributed by atoms with E-state index in [0.29, 0.717) is 6.04 Å². The highest BCUT2D eigenvalue weighted by molar-refractivity contribution is 5.49. The first-order valence-corrected chi connectivity index (χ1v) is 8.49. The SMILES string of the molecule is COCCN1CCC2(CC1)C[C@H](Nc1cccc(OC)c1)CO2. The van der Waals surface area contributed by atoms with E-state index >= 15 is 0 Å². The number of ether oxygens (including phenoxy) is 3. The molecule has 1 aromatic carbocycles. The van der Waals surface area contributed by atoms with E-state index in [1.54, 1.807) is 14.2 Å². The average molecular weight is 320 g/mol. The van der Waals surface area contributed by atoms with Gasteiger partial charge in [0.25, 0.3) is 0 Å². The number of nitrogens with zero attached hydrogens (tertiary/aromatic N) is 1. The molecule has 0 aliphatic carbocycles. The number of methoxy groups -OCH3 is 2. The normalized spacial score (nSPS) is 24.0. The number of benzene rings is 1. The summed E-state index contributed by atoms with van der Waals surface area (Å²) in [6.45, 7) is 4.84. The van der Waals surface area contributed by atoms with Crippen LogP contribution >= 0.6 is 0 Å². The fraction of sp³-hybridized carbons (Fsp3) is 0.667. The molecule has 1 N–H and O–H groups in total. The lowest BCUT2D eigenvalue weighted by Crippen LogP contribution is -2.45. The van der Waals surface area contributed by atoms with Crippen molar-refractivity contribution in [1.82, 2.24) is 4.90 Å². The Labute approximate surface area is 138 Å². The summed E-state index contributed by atoms with van der Waals surface area (Å²) in [5.74, 6) is 0.884. The van der Waals surface area contributed by atoms with Crippen molar-refractivity contribution in [2.45, 2.75) is 30.9 Å². The summed E-state index contributed by atoms with van der Waals surface area (Å²) in [7, 11) is 3.46. The highest BCUT2D eigenvalue weighted by atomic mass is 16.5. The van der Waals surface area contributed by atoms with E-state index in [2.05, 4.69) is 16.3 Å². The molecule has 0 aromatic heterocycles. The molecular weight excluding hydrogens is 292 g/mol. The van der Waals surface area contributed by atoms with E-state index in [1.165, 1.54) is 0 Å². The van der Waals surface area contributed by atoms with Gasteiger partial charge in [-0.2, -0.15) is 0 Å². The van der Waals surface area contributed by atoms with Gasteiger partial charge in [-0.05, 0) is 31.4 Å². The number of hydrogen-bond acceptors (Lipinski definition) is 5. The Morgan fingerprint density at radius 3 is 2.87 bits per heavy atom.